The van der Waals surface area contributed by atoms with Crippen LogP contribution in [0.2, 0.25) is 0 Å². The molecule has 26 heavy (non-hydrogen) atoms. The molecule has 3 aromatic heterocycles. The number of nitrogens with zero attached hydrogens (tertiary/aromatic N) is 5. The summed E-state index contributed by atoms with van der Waals surface area (Å²) in [6, 6.07) is 9.53. The second-order valence-corrected chi connectivity index (χ2v) is 6.27. The molecule has 0 unspecified atom stereocenters. The lowest BCUT2D eigenvalue weighted by atomic mass is 10.2. The predicted molar refractivity (Wildman–Crippen MR) is 98.3 cm³/mol. The van der Waals surface area contributed by atoms with E-state index in [0.29, 0.717) is 18.0 Å². The summed E-state index contributed by atoms with van der Waals surface area (Å²) in [6.45, 7) is 0. The van der Waals surface area contributed by atoms with Crippen LogP contribution in [0.25, 0.3) is 5.69 Å². The maximum atomic E-state index is 11.9. The first kappa shape index (κ1) is 16.2. The number of hydrogen-bond acceptors (Lipinski definition) is 7. The van der Waals surface area contributed by atoms with E-state index >= 15 is 0 Å². The minimum absolute atomic E-state index is 0.0719. The van der Waals surface area contributed by atoms with Crippen molar-refractivity contribution in [3.63, 3.8) is 0 Å². The van der Waals surface area contributed by atoms with E-state index in [2.05, 4.69) is 30.8 Å². The zero-order valence-electron chi connectivity index (χ0n) is 14.1. The van der Waals surface area contributed by atoms with Gasteiger partial charge in [-0.25, -0.2) is 9.97 Å². The average molecular weight is 349 g/mol. The van der Waals surface area contributed by atoms with Crippen molar-refractivity contribution in [3.05, 3.63) is 65.5 Å². The molecule has 3 aromatic rings. The van der Waals surface area contributed by atoms with Crippen molar-refractivity contribution in [3.8, 4) is 5.69 Å². The van der Waals surface area contributed by atoms with Crippen LogP contribution in [0, 0.1) is 0 Å². The molecule has 0 amide bonds. The van der Waals surface area contributed by atoms with Crippen LogP contribution in [0.5, 0.6) is 0 Å². The minimum Gasteiger partial charge on any atom is -0.367 e. The third kappa shape index (κ3) is 3.69. The fourth-order valence-corrected chi connectivity index (χ4v) is 3.20. The lowest BCUT2D eigenvalue weighted by Gasteiger charge is -2.15. The molecule has 0 spiro atoms. The van der Waals surface area contributed by atoms with Crippen molar-refractivity contribution in [1.82, 2.24) is 24.7 Å². The van der Waals surface area contributed by atoms with Gasteiger partial charge in [0, 0.05) is 24.3 Å². The highest BCUT2D eigenvalue weighted by Crippen LogP contribution is 2.24. The molecular formula is C18H19N7O. The molecule has 3 heterocycles. The summed E-state index contributed by atoms with van der Waals surface area (Å²) >= 11 is 0. The van der Waals surface area contributed by atoms with Crippen molar-refractivity contribution >= 4 is 11.8 Å². The maximum Gasteiger partial charge on any atom is 0.255 e. The minimum atomic E-state index is -0.0719. The Balaban J connectivity index is 1.36. The van der Waals surface area contributed by atoms with Gasteiger partial charge in [0.1, 0.15) is 5.82 Å². The molecule has 2 N–H and O–H groups in total. The monoisotopic (exact) mass is 349 g/mol. The Kier molecular flexibility index (Phi) is 4.55. The topological polar surface area (TPSA) is 97.6 Å². The molecule has 4 rings (SSSR count). The van der Waals surface area contributed by atoms with Crippen molar-refractivity contribution in [2.75, 3.05) is 10.6 Å². The SMILES string of the molecule is O=c1ccccn1-c1ccc(N[C@H]2CC[C@H](Nc3nccnn3)C2)nc1. The number of rotatable bonds is 5. The first-order valence-electron chi connectivity index (χ1n) is 8.59. The fraction of sp³-hybridized carbons (Fsp3) is 0.278. The molecular weight excluding hydrogens is 330 g/mol. The van der Waals surface area contributed by atoms with Crippen LogP contribution in [-0.2, 0) is 0 Å². The van der Waals surface area contributed by atoms with E-state index in [1.54, 1.807) is 35.4 Å². The summed E-state index contributed by atoms with van der Waals surface area (Å²) in [4.78, 5) is 20.5. The smallest absolute Gasteiger partial charge is 0.255 e. The molecule has 0 aromatic carbocycles. The highest BCUT2D eigenvalue weighted by atomic mass is 16.1. The van der Waals surface area contributed by atoms with Gasteiger partial charge in [0.2, 0.25) is 5.95 Å². The maximum absolute atomic E-state index is 11.9. The van der Waals surface area contributed by atoms with Gasteiger partial charge in [0.15, 0.2) is 0 Å². The van der Waals surface area contributed by atoms with Crippen molar-refractivity contribution in [2.45, 2.75) is 31.3 Å². The molecule has 0 aliphatic heterocycles. The van der Waals surface area contributed by atoms with Crippen molar-refractivity contribution < 1.29 is 0 Å². The molecule has 8 heteroatoms. The summed E-state index contributed by atoms with van der Waals surface area (Å²) in [7, 11) is 0. The molecule has 1 saturated carbocycles. The molecule has 0 bridgehead atoms. The number of aromatic nitrogens is 5. The molecule has 2 atom stereocenters. The van der Waals surface area contributed by atoms with Gasteiger partial charge in [0.25, 0.3) is 5.56 Å². The largest absolute Gasteiger partial charge is 0.367 e. The van der Waals surface area contributed by atoms with Gasteiger partial charge in [-0.1, -0.05) is 6.07 Å². The Morgan fingerprint density at radius 2 is 1.88 bits per heavy atom. The molecule has 1 aliphatic carbocycles. The van der Waals surface area contributed by atoms with Gasteiger partial charge in [-0.05, 0) is 37.5 Å². The lowest BCUT2D eigenvalue weighted by Crippen LogP contribution is -2.22. The average Bonchev–Trinajstić information content (AvgIpc) is 3.10. The number of hydrogen-bond donors (Lipinski definition) is 2. The summed E-state index contributed by atoms with van der Waals surface area (Å²) in [5.74, 6) is 1.37. The number of nitrogens with one attached hydrogen (secondary N) is 2. The highest BCUT2D eigenvalue weighted by molar-refractivity contribution is 5.42. The predicted octanol–water partition coefficient (Wildman–Crippen LogP) is 1.86. The van der Waals surface area contributed by atoms with Gasteiger partial charge in [-0.3, -0.25) is 9.36 Å². The molecule has 0 radical (unpaired) electrons. The Hall–Kier alpha value is -3.29. The van der Waals surface area contributed by atoms with Crippen LogP contribution in [-0.4, -0.2) is 36.8 Å². The zero-order chi connectivity index (χ0) is 17.8. The van der Waals surface area contributed by atoms with Crippen LogP contribution in [0.4, 0.5) is 11.8 Å². The van der Waals surface area contributed by atoms with E-state index < -0.39 is 0 Å². The first-order valence-corrected chi connectivity index (χ1v) is 8.59. The van der Waals surface area contributed by atoms with Gasteiger partial charge in [0.05, 0.1) is 24.3 Å². The zero-order valence-corrected chi connectivity index (χ0v) is 14.1. The summed E-state index contributed by atoms with van der Waals surface area (Å²) in [6.07, 6.45) is 9.66. The van der Waals surface area contributed by atoms with Gasteiger partial charge >= 0.3 is 0 Å². The van der Waals surface area contributed by atoms with Gasteiger partial charge in [-0.2, -0.15) is 5.10 Å². The fourth-order valence-electron chi connectivity index (χ4n) is 3.20. The number of pyridine rings is 2. The summed E-state index contributed by atoms with van der Waals surface area (Å²) in [5.41, 5.74) is 0.679. The third-order valence-electron chi connectivity index (χ3n) is 4.45. The standard InChI is InChI=1S/C18H19N7O/c26-17-3-1-2-10-25(17)15-6-7-16(20-12-15)22-13-4-5-14(11-13)23-18-19-8-9-21-24-18/h1-3,6-10,12-14H,4-5,11H2,(H,20,22)(H,19,23,24)/t13-,14-/m0/s1. The highest BCUT2D eigenvalue weighted by Gasteiger charge is 2.25. The van der Waals surface area contributed by atoms with Crippen molar-refractivity contribution in [1.29, 1.82) is 0 Å². The second kappa shape index (κ2) is 7.30. The first-order chi connectivity index (χ1) is 12.8. The van der Waals surface area contributed by atoms with Crippen LogP contribution in [0.15, 0.2) is 59.9 Å². The Morgan fingerprint density at radius 1 is 1.00 bits per heavy atom. The quantitative estimate of drug-likeness (QED) is 0.725. The van der Waals surface area contributed by atoms with E-state index in [4.69, 9.17) is 0 Å². The lowest BCUT2D eigenvalue weighted by molar-refractivity contribution is 0.713. The Morgan fingerprint density at radius 3 is 2.62 bits per heavy atom. The van der Waals surface area contributed by atoms with Crippen LogP contribution >= 0.6 is 0 Å². The van der Waals surface area contributed by atoms with Gasteiger partial charge in [-0.15, -0.1) is 5.10 Å². The molecule has 0 saturated heterocycles. The molecule has 1 fully saturated rings. The van der Waals surface area contributed by atoms with Crippen molar-refractivity contribution in [2.24, 2.45) is 0 Å². The van der Waals surface area contributed by atoms with Crippen LogP contribution in [0.1, 0.15) is 19.3 Å². The van der Waals surface area contributed by atoms with E-state index in [1.807, 2.05) is 18.2 Å². The van der Waals surface area contributed by atoms with E-state index in [-0.39, 0.29) is 5.56 Å². The van der Waals surface area contributed by atoms with Gasteiger partial charge < -0.3 is 10.6 Å². The third-order valence-corrected chi connectivity index (χ3v) is 4.45. The summed E-state index contributed by atoms with van der Waals surface area (Å²) in [5, 5.41) is 14.6. The Labute approximate surface area is 150 Å². The second-order valence-electron chi connectivity index (χ2n) is 6.27. The van der Waals surface area contributed by atoms with Crippen LogP contribution in [0.3, 0.4) is 0 Å². The van der Waals surface area contributed by atoms with Crippen LogP contribution < -0.4 is 16.2 Å². The Bertz CT molecular complexity index is 911. The molecule has 8 nitrogen and oxygen atoms in total. The van der Waals surface area contributed by atoms with E-state index in [9.17, 15) is 4.79 Å². The van der Waals surface area contributed by atoms with E-state index in [0.717, 1.165) is 30.8 Å². The normalized spacial score (nSPS) is 19.2. The number of anilines is 2. The molecule has 132 valence electrons. The molecule has 1 aliphatic rings. The van der Waals surface area contributed by atoms with E-state index in [1.165, 1.54) is 6.07 Å². The summed E-state index contributed by atoms with van der Waals surface area (Å²) < 4.78 is 1.57.